The quantitative estimate of drug-likeness (QED) is 0.301. The van der Waals surface area contributed by atoms with Gasteiger partial charge >= 0.3 is 0 Å². The molecule has 0 aromatic heterocycles. The van der Waals surface area contributed by atoms with Crippen molar-refractivity contribution in [2.45, 2.75) is 96.8 Å². The third kappa shape index (κ3) is 5.94. The fourth-order valence-corrected chi connectivity index (χ4v) is 6.32. The molecule has 2 fully saturated rings. The van der Waals surface area contributed by atoms with Crippen LogP contribution in [0.4, 0.5) is 8.78 Å². The molecule has 0 radical (unpaired) electrons. The van der Waals surface area contributed by atoms with E-state index in [1.54, 1.807) is 12.1 Å². The summed E-state index contributed by atoms with van der Waals surface area (Å²) in [4.78, 5) is 0. The van der Waals surface area contributed by atoms with E-state index in [-0.39, 0.29) is 11.7 Å². The Labute approximate surface area is 194 Å². The zero-order chi connectivity index (χ0) is 22.5. The molecule has 0 heterocycles. The predicted molar refractivity (Wildman–Crippen MR) is 128 cm³/mol. The summed E-state index contributed by atoms with van der Waals surface area (Å²) in [5, 5.41) is 0. The standard InChI is InChI=1S/C29H42F2O/c1-20-5-9-22(10-6-20)4-3-19-32-27-18-17-26(28(30)29(27)31)25-15-13-24(14-16-25)23-11-7-21(2)8-12-23/h13,15,17-18,20-25H,3-12,14,16,19H2,1-2H3. The van der Waals surface area contributed by atoms with E-state index in [2.05, 4.69) is 26.0 Å². The normalized spacial score (nSPS) is 33.2. The van der Waals surface area contributed by atoms with Gasteiger partial charge in [-0.15, -0.1) is 0 Å². The number of ether oxygens (including phenoxy) is 1. The zero-order valence-corrected chi connectivity index (χ0v) is 20.1. The Morgan fingerprint density at radius 1 is 0.781 bits per heavy atom. The molecular weight excluding hydrogens is 402 g/mol. The van der Waals surface area contributed by atoms with Crippen LogP contribution in [-0.2, 0) is 0 Å². The molecule has 1 aromatic carbocycles. The van der Waals surface area contributed by atoms with Crippen molar-refractivity contribution in [3.05, 3.63) is 41.5 Å². The van der Waals surface area contributed by atoms with Gasteiger partial charge in [-0.3, -0.25) is 0 Å². The van der Waals surface area contributed by atoms with Crippen LogP contribution in [0.3, 0.4) is 0 Å². The third-order valence-corrected chi connectivity index (χ3v) is 8.69. The van der Waals surface area contributed by atoms with Crippen molar-refractivity contribution in [2.75, 3.05) is 6.61 Å². The minimum atomic E-state index is -0.814. The fraction of sp³-hybridized carbons (Fsp3) is 0.724. The van der Waals surface area contributed by atoms with Crippen molar-refractivity contribution in [1.29, 1.82) is 0 Å². The average molecular weight is 445 g/mol. The summed E-state index contributed by atoms with van der Waals surface area (Å²) in [5.41, 5.74) is 0.484. The Kier molecular flexibility index (Phi) is 8.29. The van der Waals surface area contributed by atoms with Gasteiger partial charge in [-0.05, 0) is 79.7 Å². The Bertz CT molecular complexity index is 757. The first kappa shape index (κ1) is 23.8. The highest BCUT2D eigenvalue weighted by atomic mass is 19.2. The average Bonchev–Trinajstić information content (AvgIpc) is 2.81. The molecular formula is C29H42F2O. The molecule has 3 heteroatoms. The summed E-state index contributed by atoms with van der Waals surface area (Å²) in [6.07, 6.45) is 19.0. The maximum atomic E-state index is 14.9. The van der Waals surface area contributed by atoms with Gasteiger partial charge in [0.15, 0.2) is 11.6 Å². The fourth-order valence-electron chi connectivity index (χ4n) is 6.32. The van der Waals surface area contributed by atoms with Gasteiger partial charge in [-0.1, -0.05) is 70.6 Å². The number of rotatable bonds is 7. The second kappa shape index (κ2) is 11.2. The lowest BCUT2D eigenvalue weighted by molar-refractivity contribution is 0.224. The molecule has 2 saturated carbocycles. The van der Waals surface area contributed by atoms with E-state index in [4.69, 9.17) is 4.74 Å². The van der Waals surface area contributed by atoms with E-state index in [1.807, 2.05) is 0 Å². The molecule has 3 aliphatic carbocycles. The SMILES string of the molecule is CC1CCC(CCCOc2ccc(C3C=CC(C4CCC(C)CC4)CC3)c(F)c2F)CC1. The van der Waals surface area contributed by atoms with Crippen molar-refractivity contribution in [3.8, 4) is 5.75 Å². The highest BCUT2D eigenvalue weighted by molar-refractivity contribution is 5.35. The summed E-state index contributed by atoms with van der Waals surface area (Å²) in [7, 11) is 0. The van der Waals surface area contributed by atoms with Crippen LogP contribution in [0.5, 0.6) is 5.75 Å². The summed E-state index contributed by atoms with van der Waals surface area (Å²) in [6, 6.07) is 3.38. The molecule has 0 amide bonds. The Morgan fingerprint density at radius 2 is 1.47 bits per heavy atom. The van der Waals surface area contributed by atoms with Crippen molar-refractivity contribution in [2.24, 2.45) is 29.6 Å². The first-order valence-corrected chi connectivity index (χ1v) is 13.3. The smallest absolute Gasteiger partial charge is 0.200 e. The Hall–Kier alpha value is -1.38. The zero-order valence-electron chi connectivity index (χ0n) is 20.1. The van der Waals surface area contributed by atoms with Crippen molar-refractivity contribution >= 4 is 0 Å². The lowest BCUT2D eigenvalue weighted by Gasteiger charge is -2.34. The molecule has 2 unspecified atom stereocenters. The van der Waals surface area contributed by atoms with Crippen LogP contribution in [0.1, 0.15) is 102 Å². The van der Waals surface area contributed by atoms with Crippen LogP contribution in [0.2, 0.25) is 0 Å². The van der Waals surface area contributed by atoms with Crippen LogP contribution in [0.15, 0.2) is 24.3 Å². The van der Waals surface area contributed by atoms with Gasteiger partial charge in [0.1, 0.15) is 0 Å². The summed E-state index contributed by atoms with van der Waals surface area (Å²) >= 11 is 0. The summed E-state index contributed by atoms with van der Waals surface area (Å²) in [5.74, 6) is 2.40. The van der Waals surface area contributed by atoms with Crippen molar-refractivity contribution < 1.29 is 13.5 Å². The highest BCUT2D eigenvalue weighted by Gasteiger charge is 2.29. The molecule has 2 atom stereocenters. The highest BCUT2D eigenvalue weighted by Crippen LogP contribution is 2.41. The molecule has 3 aliphatic rings. The molecule has 1 aromatic rings. The number of benzene rings is 1. The van der Waals surface area contributed by atoms with E-state index >= 15 is 0 Å². The van der Waals surface area contributed by atoms with E-state index in [0.29, 0.717) is 18.1 Å². The van der Waals surface area contributed by atoms with Crippen LogP contribution in [0.25, 0.3) is 0 Å². The van der Waals surface area contributed by atoms with Gasteiger partial charge < -0.3 is 4.74 Å². The molecule has 0 bridgehead atoms. The molecule has 0 N–H and O–H groups in total. The van der Waals surface area contributed by atoms with Crippen LogP contribution >= 0.6 is 0 Å². The first-order valence-electron chi connectivity index (χ1n) is 13.3. The minimum absolute atomic E-state index is 0.0222. The topological polar surface area (TPSA) is 9.23 Å². The van der Waals surface area contributed by atoms with Crippen molar-refractivity contribution in [1.82, 2.24) is 0 Å². The summed E-state index contributed by atoms with van der Waals surface area (Å²) < 4.78 is 35.3. The van der Waals surface area contributed by atoms with E-state index in [9.17, 15) is 8.78 Å². The third-order valence-electron chi connectivity index (χ3n) is 8.69. The van der Waals surface area contributed by atoms with Gasteiger partial charge in [-0.25, -0.2) is 4.39 Å². The molecule has 32 heavy (non-hydrogen) atoms. The lowest BCUT2D eigenvalue weighted by atomic mass is 9.71. The molecule has 0 spiro atoms. The van der Waals surface area contributed by atoms with Gasteiger partial charge in [0.05, 0.1) is 6.61 Å². The van der Waals surface area contributed by atoms with Gasteiger partial charge in [0.2, 0.25) is 5.82 Å². The summed E-state index contributed by atoms with van der Waals surface area (Å²) in [6.45, 7) is 5.15. The van der Waals surface area contributed by atoms with Crippen LogP contribution < -0.4 is 4.74 Å². The number of hydrogen-bond donors (Lipinski definition) is 0. The Morgan fingerprint density at radius 3 is 2.12 bits per heavy atom. The van der Waals surface area contributed by atoms with E-state index in [0.717, 1.165) is 49.4 Å². The van der Waals surface area contributed by atoms with Gasteiger partial charge in [0.25, 0.3) is 0 Å². The minimum Gasteiger partial charge on any atom is -0.490 e. The van der Waals surface area contributed by atoms with Crippen molar-refractivity contribution in [3.63, 3.8) is 0 Å². The number of allylic oxidation sites excluding steroid dienone is 2. The van der Waals surface area contributed by atoms with Crippen LogP contribution in [-0.4, -0.2) is 6.61 Å². The molecule has 178 valence electrons. The predicted octanol–water partition coefficient (Wildman–Crippen LogP) is 8.83. The molecule has 1 nitrogen and oxygen atoms in total. The first-order chi connectivity index (χ1) is 15.5. The van der Waals surface area contributed by atoms with Gasteiger partial charge in [-0.2, -0.15) is 4.39 Å². The second-order valence-corrected chi connectivity index (χ2v) is 11.2. The Balaban J connectivity index is 1.27. The van der Waals surface area contributed by atoms with Crippen LogP contribution in [0, 0.1) is 41.2 Å². The van der Waals surface area contributed by atoms with E-state index in [1.165, 1.54) is 51.4 Å². The number of halogens is 2. The second-order valence-electron chi connectivity index (χ2n) is 11.2. The monoisotopic (exact) mass is 444 g/mol. The molecule has 4 rings (SSSR count). The van der Waals surface area contributed by atoms with Gasteiger partial charge in [0, 0.05) is 5.92 Å². The maximum Gasteiger partial charge on any atom is 0.200 e. The maximum absolute atomic E-state index is 14.9. The largest absolute Gasteiger partial charge is 0.490 e. The lowest BCUT2D eigenvalue weighted by Crippen LogP contribution is -2.22. The number of hydrogen-bond acceptors (Lipinski definition) is 1. The molecule has 0 aliphatic heterocycles. The molecule has 0 saturated heterocycles. The van der Waals surface area contributed by atoms with E-state index < -0.39 is 11.6 Å².